The third-order valence-corrected chi connectivity index (χ3v) is 8.60. The number of fused-ring (bicyclic) bond motifs is 1. The number of aryl methyl sites for hydroxylation is 1. The molecule has 1 fully saturated rings. The van der Waals surface area contributed by atoms with E-state index in [0.717, 1.165) is 6.07 Å². The minimum Gasteiger partial charge on any atom is -0.393 e. The van der Waals surface area contributed by atoms with E-state index in [1.165, 1.54) is 29.9 Å². The number of aliphatic hydroxyl groups excluding tert-OH is 1. The predicted octanol–water partition coefficient (Wildman–Crippen LogP) is 2.92. The number of aromatic nitrogens is 3. The van der Waals surface area contributed by atoms with Crippen molar-refractivity contribution in [2.24, 2.45) is 11.1 Å². The van der Waals surface area contributed by atoms with Gasteiger partial charge in [-0.15, -0.1) is 11.3 Å². The standard InChI is InChI=1S/C25H26F3N5O6S2/c1-12-16(23-21-13(4-5-38-23)2-3-20(33-21)25(26,27)28)8-19(40-12)22(35)17-9-30-11-31-24(17)32-15-6-14(18(34)7-15)10-39-41(29,36)37/h2-3,8-9,11,14-15,18,23,34H,4-7,10H2,1H3,(H2,29,36,37)(H,30,31,32)/t14-,15-,18+,23?/m1/s1. The molecule has 0 bridgehead atoms. The molecular weight excluding hydrogens is 587 g/mol. The number of thiophene rings is 1. The first kappa shape index (κ1) is 29.5. The number of rotatable bonds is 8. The number of ketones is 1. The van der Waals surface area contributed by atoms with Crippen molar-refractivity contribution in [3.05, 3.63) is 68.6 Å². The van der Waals surface area contributed by atoms with E-state index in [4.69, 9.17) is 9.88 Å². The summed E-state index contributed by atoms with van der Waals surface area (Å²) in [7, 11) is -4.15. The number of carbonyl (C=O) groups is 1. The van der Waals surface area contributed by atoms with E-state index >= 15 is 0 Å². The molecule has 1 unspecified atom stereocenters. The van der Waals surface area contributed by atoms with Gasteiger partial charge in [0.2, 0.25) is 5.78 Å². The van der Waals surface area contributed by atoms with Crippen molar-refractivity contribution in [1.82, 2.24) is 15.0 Å². The molecule has 220 valence electrons. The second kappa shape index (κ2) is 11.3. The molecule has 1 aliphatic heterocycles. The van der Waals surface area contributed by atoms with Crippen LogP contribution in [0.2, 0.25) is 0 Å². The van der Waals surface area contributed by atoms with Gasteiger partial charge in [0.15, 0.2) is 0 Å². The average Bonchev–Trinajstić information content (AvgIpc) is 3.47. The topological polar surface area (TPSA) is 167 Å². The van der Waals surface area contributed by atoms with Crippen molar-refractivity contribution in [2.75, 3.05) is 18.5 Å². The van der Waals surface area contributed by atoms with Crippen molar-refractivity contribution < 1.29 is 40.4 Å². The van der Waals surface area contributed by atoms with Crippen LogP contribution in [-0.2, 0) is 31.8 Å². The number of carbonyl (C=O) groups excluding carboxylic acids is 1. The van der Waals surface area contributed by atoms with E-state index in [1.807, 2.05) is 0 Å². The lowest BCUT2D eigenvalue weighted by molar-refractivity contribution is -0.141. The van der Waals surface area contributed by atoms with E-state index in [0.29, 0.717) is 40.3 Å². The lowest BCUT2D eigenvalue weighted by Gasteiger charge is -2.26. The second-order valence-corrected chi connectivity index (χ2v) is 12.4. The number of hydrogen-bond donors (Lipinski definition) is 3. The van der Waals surface area contributed by atoms with Crippen molar-refractivity contribution in [3.8, 4) is 0 Å². The third kappa shape index (κ3) is 6.57. The van der Waals surface area contributed by atoms with Gasteiger partial charge in [-0.25, -0.2) is 20.1 Å². The zero-order chi connectivity index (χ0) is 29.5. The van der Waals surface area contributed by atoms with Gasteiger partial charge in [0.1, 0.15) is 23.9 Å². The van der Waals surface area contributed by atoms with Gasteiger partial charge < -0.3 is 15.2 Å². The van der Waals surface area contributed by atoms with Gasteiger partial charge in [0.25, 0.3) is 0 Å². The Kier molecular flexibility index (Phi) is 8.15. The van der Waals surface area contributed by atoms with Gasteiger partial charge in [-0.2, -0.15) is 21.6 Å². The van der Waals surface area contributed by atoms with Crippen molar-refractivity contribution >= 4 is 33.2 Å². The van der Waals surface area contributed by atoms with Crippen LogP contribution >= 0.6 is 11.3 Å². The lowest BCUT2D eigenvalue weighted by atomic mass is 9.97. The largest absolute Gasteiger partial charge is 0.433 e. The summed E-state index contributed by atoms with van der Waals surface area (Å²) in [5, 5.41) is 18.4. The SMILES string of the molecule is Cc1sc(C(=O)c2cncnc2N[C@@H]2C[C@H](COS(N)(=O)=O)[C@@H](O)C2)cc1C1OCCc2ccc(C(F)(F)F)nc21. The first-order valence-electron chi connectivity index (χ1n) is 12.6. The van der Waals surface area contributed by atoms with Crippen molar-refractivity contribution in [2.45, 2.75) is 50.6 Å². The Balaban J connectivity index is 1.37. The van der Waals surface area contributed by atoms with Crippen LogP contribution in [0.4, 0.5) is 19.0 Å². The second-order valence-electron chi connectivity index (χ2n) is 9.89. The molecule has 3 aromatic rings. The minimum absolute atomic E-state index is 0.154. The number of halogens is 3. The summed E-state index contributed by atoms with van der Waals surface area (Å²) < 4.78 is 72.8. The highest BCUT2D eigenvalue weighted by Gasteiger charge is 2.37. The number of aliphatic hydroxyl groups is 1. The van der Waals surface area contributed by atoms with Crippen molar-refractivity contribution in [1.29, 1.82) is 0 Å². The predicted molar refractivity (Wildman–Crippen MR) is 140 cm³/mol. The smallest absolute Gasteiger partial charge is 0.393 e. The maximum Gasteiger partial charge on any atom is 0.433 e. The number of nitrogens with zero attached hydrogens (tertiary/aromatic N) is 3. The van der Waals surface area contributed by atoms with Crippen LogP contribution in [0.3, 0.4) is 0 Å². The molecule has 4 heterocycles. The van der Waals surface area contributed by atoms with E-state index in [1.54, 1.807) is 13.0 Å². The van der Waals surface area contributed by atoms with Gasteiger partial charge >= 0.3 is 16.5 Å². The number of nitrogens with two attached hydrogens (primary N) is 1. The Morgan fingerprint density at radius 1 is 1.32 bits per heavy atom. The number of anilines is 1. The molecule has 0 radical (unpaired) electrons. The highest BCUT2D eigenvalue weighted by atomic mass is 32.2. The molecule has 2 aliphatic rings. The fourth-order valence-corrected chi connectivity index (χ4v) is 6.46. The number of nitrogens with one attached hydrogen (secondary N) is 1. The number of pyridine rings is 1. The molecule has 11 nitrogen and oxygen atoms in total. The Hall–Kier alpha value is -3.02. The average molecular weight is 614 g/mol. The quantitative estimate of drug-likeness (QED) is 0.322. The zero-order valence-electron chi connectivity index (χ0n) is 21.6. The van der Waals surface area contributed by atoms with Crippen LogP contribution in [-0.4, -0.2) is 59.6 Å². The molecule has 41 heavy (non-hydrogen) atoms. The monoisotopic (exact) mass is 613 g/mol. The van der Waals surface area contributed by atoms with Crippen molar-refractivity contribution in [3.63, 3.8) is 0 Å². The highest BCUT2D eigenvalue weighted by molar-refractivity contribution is 7.84. The number of ether oxygens (including phenoxy) is 1. The third-order valence-electron chi connectivity index (χ3n) is 7.07. The molecule has 4 N–H and O–H groups in total. The molecular formula is C25H26F3N5O6S2. The van der Waals surface area contributed by atoms with Crippen LogP contribution in [0.15, 0.2) is 30.7 Å². The maximum atomic E-state index is 13.6. The minimum atomic E-state index is -4.61. The lowest BCUT2D eigenvalue weighted by Crippen LogP contribution is -2.24. The summed E-state index contributed by atoms with van der Waals surface area (Å²) in [6, 6.07) is 3.63. The molecule has 4 atom stereocenters. The maximum absolute atomic E-state index is 13.6. The molecule has 1 saturated carbocycles. The summed E-state index contributed by atoms with van der Waals surface area (Å²) in [5.74, 6) is -0.689. The first-order chi connectivity index (χ1) is 19.3. The molecule has 3 aromatic heterocycles. The Morgan fingerprint density at radius 2 is 2.10 bits per heavy atom. The first-order valence-corrected chi connectivity index (χ1v) is 14.8. The number of hydrogen-bond acceptors (Lipinski definition) is 11. The van der Waals surface area contributed by atoms with Crippen LogP contribution in [0.1, 0.15) is 61.6 Å². The molecule has 16 heteroatoms. The van der Waals surface area contributed by atoms with Gasteiger partial charge in [0.05, 0.1) is 35.5 Å². The molecule has 1 aliphatic carbocycles. The van der Waals surface area contributed by atoms with Gasteiger partial charge in [-0.1, -0.05) is 6.07 Å². The summed E-state index contributed by atoms with van der Waals surface area (Å²) in [5.41, 5.74) is 0.526. The highest BCUT2D eigenvalue weighted by Crippen LogP contribution is 2.39. The van der Waals surface area contributed by atoms with Gasteiger partial charge in [-0.05, 0) is 43.9 Å². The van der Waals surface area contributed by atoms with Crippen LogP contribution < -0.4 is 10.5 Å². The normalized spacial score (nSPS) is 22.9. The molecule has 0 spiro atoms. The zero-order valence-corrected chi connectivity index (χ0v) is 23.2. The number of alkyl halides is 3. The van der Waals surface area contributed by atoms with Crippen LogP contribution in [0.25, 0.3) is 0 Å². The van der Waals surface area contributed by atoms with Crippen LogP contribution in [0, 0.1) is 12.8 Å². The molecule has 0 aromatic carbocycles. The van der Waals surface area contributed by atoms with E-state index in [2.05, 4.69) is 24.5 Å². The molecule has 5 rings (SSSR count). The summed E-state index contributed by atoms with van der Waals surface area (Å²) in [6.45, 7) is 1.77. The Bertz CT molecular complexity index is 1570. The fraction of sp³-hybridized carbons (Fsp3) is 0.440. The summed E-state index contributed by atoms with van der Waals surface area (Å²) >= 11 is 1.17. The van der Waals surface area contributed by atoms with Gasteiger partial charge in [-0.3, -0.25) is 8.98 Å². The van der Waals surface area contributed by atoms with E-state index < -0.39 is 46.1 Å². The van der Waals surface area contributed by atoms with E-state index in [-0.39, 0.29) is 36.1 Å². The van der Waals surface area contributed by atoms with Gasteiger partial charge in [0, 0.05) is 28.6 Å². The fourth-order valence-electron chi connectivity index (χ4n) is 5.09. The summed E-state index contributed by atoms with van der Waals surface area (Å²) in [6.07, 6.45) is -2.71. The van der Waals surface area contributed by atoms with Crippen LogP contribution in [0.5, 0.6) is 0 Å². The Morgan fingerprint density at radius 3 is 2.83 bits per heavy atom. The van der Waals surface area contributed by atoms with E-state index in [9.17, 15) is 31.5 Å². The Labute approximate surface area is 237 Å². The molecule has 0 saturated heterocycles. The summed E-state index contributed by atoms with van der Waals surface area (Å²) in [4.78, 5) is 26.6. The molecule has 0 amide bonds.